The molecule has 0 amide bonds. The molecule has 3 N–H and O–H groups in total. The van der Waals surface area contributed by atoms with Crippen molar-refractivity contribution in [1.29, 1.82) is 0 Å². The normalized spacial score (nSPS) is 12.1. The number of nitrogens with zero attached hydrogens (tertiary/aromatic N) is 4. The summed E-state index contributed by atoms with van der Waals surface area (Å²) in [6, 6.07) is 32.2. The molecule has 18 heteroatoms. The highest BCUT2D eigenvalue weighted by Crippen LogP contribution is 2.41. The molecule has 396 valence electrons. The smallest absolute Gasteiger partial charge is 0.296 e. The summed E-state index contributed by atoms with van der Waals surface area (Å²) in [7, 11) is -2.21. The van der Waals surface area contributed by atoms with E-state index >= 15 is 0 Å². The van der Waals surface area contributed by atoms with Gasteiger partial charge in [-0.2, -0.15) is 8.42 Å². The van der Waals surface area contributed by atoms with Gasteiger partial charge in [0.05, 0.1) is 50.4 Å². The average Bonchev–Trinajstić information content (AvgIpc) is 3.96. The Morgan fingerprint density at radius 3 is 1.53 bits per heavy atom. The van der Waals surface area contributed by atoms with Crippen LogP contribution in [0.4, 0.5) is 0 Å². The van der Waals surface area contributed by atoms with Gasteiger partial charge in [0.15, 0.2) is 19.7 Å². The summed E-state index contributed by atoms with van der Waals surface area (Å²) in [4.78, 5) is 20.5. The molecule has 0 saturated carbocycles. The molecular formula is C57H66N6O9S3. The summed E-state index contributed by atoms with van der Waals surface area (Å²) in [6.45, 7) is 11.8. The Hall–Kier alpha value is -6.67. The minimum atomic E-state index is -3.59. The van der Waals surface area contributed by atoms with Crippen LogP contribution >= 0.6 is 0 Å². The van der Waals surface area contributed by atoms with Gasteiger partial charge < -0.3 is 29.6 Å². The number of sulfone groups is 2. The first-order chi connectivity index (χ1) is 35.6. The van der Waals surface area contributed by atoms with Crippen molar-refractivity contribution in [3.63, 3.8) is 0 Å². The first-order valence-electron chi connectivity index (χ1n) is 24.7. The summed E-state index contributed by atoms with van der Waals surface area (Å²) in [5.74, 6) is 1.03. The number of phenolic OH excluding ortho intramolecular Hbond substituents is 1. The number of hydrogen-bond donors (Lipinski definition) is 3. The maximum Gasteiger partial charge on any atom is 0.296 e. The lowest BCUT2D eigenvalue weighted by Gasteiger charge is -2.13. The first-order valence-corrected chi connectivity index (χ1v) is 29.4. The monoisotopic (exact) mass is 1070 g/mol. The number of H-pyrrole nitrogens is 2. The molecule has 0 fully saturated rings. The van der Waals surface area contributed by atoms with Crippen molar-refractivity contribution in [3.05, 3.63) is 138 Å². The van der Waals surface area contributed by atoms with E-state index in [1.807, 2.05) is 96.5 Å². The molecule has 0 unspecified atom stereocenters. The summed E-state index contributed by atoms with van der Waals surface area (Å²) in [5, 5.41) is 14.0. The van der Waals surface area contributed by atoms with Crippen molar-refractivity contribution in [2.24, 2.45) is 0 Å². The van der Waals surface area contributed by atoms with Gasteiger partial charge in [-0.15, -0.1) is 0 Å². The number of aromatic amines is 2. The van der Waals surface area contributed by atoms with E-state index in [0.717, 1.165) is 96.9 Å². The lowest BCUT2D eigenvalue weighted by atomic mass is 9.99. The van der Waals surface area contributed by atoms with Crippen LogP contribution in [0.15, 0.2) is 136 Å². The van der Waals surface area contributed by atoms with Crippen LogP contribution in [0.1, 0.15) is 43.4 Å². The van der Waals surface area contributed by atoms with Crippen LogP contribution in [0, 0.1) is 20.8 Å². The Balaban J connectivity index is 0.000000172. The minimum Gasteiger partial charge on any atom is -0.506 e. The van der Waals surface area contributed by atoms with E-state index < -0.39 is 29.8 Å². The molecule has 0 saturated heterocycles. The van der Waals surface area contributed by atoms with Crippen LogP contribution in [0.2, 0.25) is 0 Å². The fourth-order valence-electron chi connectivity index (χ4n) is 8.48. The number of benzene rings is 5. The van der Waals surface area contributed by atoms with Gasteiger partial charge in [0.2, 0.25) is 0 Å². The third-order valence-electron chi connectivity index (χ3n) is 12.5. The van der Waals surface area contributed by atoms with Crippen molar-refractivity contribution in [2.75, 3.05) is 66.0 Å². The van der Waals surface area contributed by atoms with E-state index in [0.29, 0.717) is 34.0 Å². The maximum atomic E-state index is 12.5. The predicted octanol–water partition coefficient (Wildman–Crippen LogP) is 10.7. The number of rotatable bonds is 17. The van der Waals surface area contributed by atoms with E-state index in [1.54, 1.807) is 86.8 Å². The van der Waals surface area contributed by atoms with Gasteiger partial charge >= 0.3 is 0 Å². The molecule has 0 radical (unpaired) electrons. The quantitative estimate of drug-likeness (QED) is 0.0574. The number of pyridine rings is 2. The molecule has 9 aromatic rings. The molecule has 0 spiro atoms. The number of aromatic hydroxyl groups is 1. The van der Waals surface area contributed by atoms with Crippen LogP contribution < -0.4 is 4.74 Å². The zero-order valence-corrected chi connectivity index (χ0v) is 46.4. The molecule has 75 heavy (non-hydrogen) atoms. The Morgan fingerprint density at radius 2 is 1.03 bits per heavy atom. The van der Waals surface area contributed by atoms with Crippen LogP contribution in [-0.2, 0) is 34.0 Å². The van der Waals surface area contributed by atoms with Crippen LogP contribution in [-0.4, -0.2) is 126 Å². The first kappa shape index (κ1) is 56.1. The van der Waals surface area contributed by atoms with Crippen molar-refractivity contribution in [2.45, 2.75) is 62.1 Å². The summed E-state index contributed by atoms with van der Waals surface area (Å²) in [6.07, 6.45) is 5.22. The standard InChI is InChI=1S/C25H29N3O3S.C20H18N2O3S.C12H19NO3S/c1-5-32(29,30)19-9-6-8-18(15-19)20-10-11-22(31-13-7-12-28(3)4)24-23(20)21-14-17(2)16-26-25(21)27-24;1-3-26(24,25)14-6-4-5-13(10-14)15-7-8-17(23)19-18(15)16-9-12(2)11-21-20(16)22-19;1-11-5-7-12(8-6-11)17(14,15)16-10-4-9-13(2)3/h6,8-11,14-16H,5,7,12-13H2,1-4H3,(H,26,27);4-11,23H,3H2,1-2H3,(H,21,22);5-8H,4,9-10H2,1-3H3. The molecule has 0 bridgehead atoms. The molecule has 0 aliphatic heterocycles. The van der Waals surface area contributed by atoms with Gasteiger partial charge in [-0.1, -0.05) is 55.8 Å². The fraction of sp³-hybridized carbons (Fsp3) is 0.298. The highest BCUT2D eigenvalue weighted by atomic mass is 32.2. The topological polar surface area (TPSA) is 205 Å². The van der Waals surface area contributed by atoms with Gasteiger partial charge in [-0.05, 0) is 175 Å². The SMILES string of the molecule is CCS(=O)(=O)c1cccc(-c2ccc(O)c3[nH]c4ncc(C)cc4c23)c1.CCS(=O)(=O)c1cccc(-c2ccc(OCCCN(C)C)c3[nH]c4ncc(C)cc4c23)c1.Cc1ccc(S(=O)(=O)OCCCN(C)C)cc1. The van der Waals surface area contributed by atoms with Crippen molar-refractivity contribution in [1.82, 2.24) is 29.7 Å². The Morgan fingerprint density at radius 1 is 0.547 bits per heavy atom. The highest BCUT2D eigenvalue weighted by Gasteiger charge is 2.20. The third kappa shape index (κ3) is 13.4. The number of nitrogens with one attached hydrogen (secondary N) is 2. The van der Waals surface area contributed by atoms with Crippen LogP contribution in [0.25, 0.3) is 66.1 Å². The zero-order valence-electron chi connectivity index (χ0n) is 43.9. The van der Waals surface area contributed by atoms with Crippen molar-refractivity contribution in [3.8, 4) is 33.8 Å². The lowest BCUT2D eigenvalue weighted by Crippen LogP contribution is -2.16. The van der Waals surface area contributed by atoms with Gasteiger partial charge in [0.1, 0.15) is 22.8 Å². The lowest BCUT2D eigenvalue weighted by molar-refractivity contribution is 0.284. The highest BCUT2D eigenvalue weighted by molar-refractivity contribution is 7.91. The number of hydrogen-bond acceptors (Lipinski definition) is 13. The Kier molecular flexibility index (Phi) is 17.9. The maximum absolute atomic E-state index is 12.5. The Labute approximate surface area is 440 Å². The van der Waals surface area contributed by atoms with Gasteiger partial charge in [-0.3, -0.25) is 4.18 Å². The largest absolute Gasteiger partial charge is 0.506 e. The van der Waals surface area contributed by atoms with E-state index in [9.17, 15) is 30.4 Å². The molecule has 0 atom stereocenters. The molecule has 15 nitrogen and oxygen atoms in total. The van der Waals surface area contributed by atoms with Crippen molar-refractivity contribution >= 4 is 73.7 Å². The fourth-order valence-corrected chi connectivity index (χ4v) is 11.3. The van der Waals surface area contributed by atoms with E-state index in [-0.39, 0.29) is 28.8 Å². The van der Waals surface area contributed by atoms with E-state index in [4.69, 9.17) is 8.92 Å². The van der Waals surface area contributed by atoms with E-state index in [2.05, 4.69) is 30.9 Å². The van der Waals surface area contributed by atoms with Gasteiger partial charge in [-0.25, -0.2) is 26.8 Å². The molecule has 0 aliphatic rings. The predicted molar refractivity (Wildman–Crippen MR) is 301 cm³/mol. The summed E-state index contributed by atoms with van der Waals surface area (Å²) in [5.41, 5.74) is 9.48. The number of aromatic nitrogens is 4. The minimum absolute atomic E-state index is 0.0532. The van der Waals surface area contributed by atoms with Crippen LogP contribution in [0.5, 0.6) is 11.5 Å². The number of aryl methyl sites for hydroxylation is 3. The van der Waals surface area contributed by atoms with Gasteiger partial charge in [0, 0.05) is 40.5 Å². The molecule has 0 aliphatic carbocycles. The molecular weight excluding hydrogens is 1010 g/mol. The summed E-state index contributed by atoms with van der Waals surface area (Å²) < 4.78 is 84.0. The van der Waals surface area contributed by atoms with Crippen LogP contribution in [0.3, 0.4) is 0 Å². The number of phenols is 1. The second-order valence-electron chi connectivity index (χ2n) is 18.9. The second-order valence-corrected chi connectivity index (χ2v) is 25.1. The average molecular weight is 1080 g/mol. The van der Waals surface area contributed by atoms with Crippen molar-refractivity contribution < 1.29 is 39.3 Å². The third-order valence-corrected chi connectivity index (χ3v) is 17.3. The van der Waals surface area contributed by atoms with Gasteiger partial charge in [0.25, 0.3) is 10.1 Å². The Bertz CT molecular complexity index is 3820. The summed E-state index contributed by atoms with van der Waals surface area (Å²) >= 11 is 0. The van der Waals surface area contributed by atoms with E-state index in [1.165, 1.54) is 0 Å². The molecule has 4 aromatic heterocycles. The zero-order chi connectivity index (χ0) is 54.2. The number of fused-ring (bicyclic) bond motifs is 6. The number of ether oxygens (including phenoxy) is 1. The molecule has 4 heterocycles. The molecule has 5 aromatic carbocycles. The second kappa shape index (κ2) is 23.9. The molecule has 9 rings (SSSR count).